The van der Waals surface area contributed by atoms with E-state index in [9.17, 15) is 0 Å². The lowest BCUT2D eigenvalue weighted by molar-refractivity contribution is 0.593. The van der Waals surface area contributed by atoms with Crippen molar-refractivity contribution in [1.29, 1.82) is 0 Å². The highest BCUT2D eigenvalue weighted by Crippen LogP contribution is 2.29. The average Bonchev–Trinajstić information content (AvgIpc) is 2.79. The number of thiazole rings is 1. The van der Waals surface area contributed by atoms with Crippen molar-refractivity contribution in [3.05, 3.63) is 49.3 Å². The fourth-order valence-corrected chi connectivity index (χ4v) is 3.66. The number of rotatable bonds is 4. The maximum absolute atomic E-state index is 4.11. The van der Waals surface area contributed by atoms with Gasteiger partial charge in [0.1, 0.15) is 0 Å². The van der Waals surface area contributed by atoms with Crippen molar-refractivity contribution in [3.63, 3.8) is 0 Å². The lowest BCUT2D eigenvalue weighted by Crippen LogP contribution is -2.18. The Bertz CT molecular complexity index is 485. The maximum Gasteiger partial charge on any atom is 0.0794 e. The number of hydrogen-bond acceptors (Lipinski definition) is 3. The summed E-state index contributed by atoms with van der Waals surface area (Å²) in [5.74, 6) is 0. The number of hydrogen-bond donors (Lipinski definition) is 1. The molecule has 0 spiro atoms. The van der Waals surface area contributed by atoms with E-state index in [0.29, 0.717) is 6.04 Å². The first-order valence-electron chi connectivity index (χ1n) is 5.20. The summed E-state index contributed by atoms with van der Waals surface area (Å²) in [6, 6.07) is 6.58. The van der Waals surface area contributed by atoms with E-state index in [1.54, 1.807) is 11.3 Å². The van der Waals surface area contributed by atoms with Crippen LogP contribution in [0.1, 0.15) is 16.5 Å². The van der Waals surface area contributed by atoms with Crippen molar-refractivity contribution < 1.29 is 0 Å². The zero-order valence-electron chi connectivity index (χ0n) is 9.28. The van der Waals surface area contributed by atoms with E-state index in [2.05, 4.69) is 60.4 Å². The summed E-state index contributed by atoms with van der Waals surface area (Å²) in [4.78, 5) is 5.40. The number of halogens is 2. The predicted molar refractivity (Wildman–Crippen MR) is 79.5 cm³/mol. The molecule has 1 atom stereocenters. The Morgan fingerprint density at radius 1 is 1.41 bits per heavy atom. The molecule has 0 bridgehead atoms. The van der Waals surface area contributed by atoms with Crippen LogP contribution in [0.4, 0.5) is 0 Å². The van der Waals surface area contributed by atoms with Crippen molar-refractivity contribution in [2.75, 3.05) is 7.05 Å². The van der Waals surface area contributed by atoms with E-state index < -0.39 is 0 Å². The summed E-state index contributed by atoms with van der Waals surface area (Å²) >= 11 is 8.77. The van der Waals surface area contributed by atoms with Gasteiger partial charge in [0.2, 0.25) is 0 Å². The first kappa shape index (κ1) is 13.2. The molecule has 2 nitrogen and oxygen atoms in total. The fourth-order valence-electron chi connectivity index (χ4n) is 1.70. The van der Waals surface area contributed by atoms with E-state index in [1.165, 1.54) is 10.4 Å². The zero-order chi connectivity index (χ0) is 12.3. The van der Waals surface area contributed by atoms with Crippen LogP contribution in [0.15, 0.2) is 38.9 Å². The van der Waals surface area contributed by atoms with Crippen LogP contribution in [0.2, 0.25) is 0 Å². The molecule has 0 saturated heterocycles. The largest absolute Gasteiger partial charge is 0.313 e. The van der Waals surface area contributed by atoms with Crippen molar-refractivity contribution in [2.45, 2.75) is 12.5 Å². The Kier molecular flexibility index (Phi) is 4.73. The van der Waals surface area contributed by atoms with Gasteiger partial charge in [0, 0.05) is 32.5 Å². The Hall–Kier alpha value is -0.230. The van der Waals surface area contributed by atoms with Crippen molar-refractivity contribution in [2.24, 2.45) is 0 Å². The lowest BCUT2D eigenvalue weighted by Gasteiger charge is -2.17. The van der Waals surface area contributed by atoms with Gasteiger partial charge in [0.15, 0.2) is 0 Å². The second-order valence-corrected chi connectivity index (χ2v) is 6.42. The third-order valence-electron chi connectivity index (χ3n) is 2.58. The molecule has 0 radical (unpaired) electrons. The van der Waals surface area contributed by atoms with Crippen LogP contribution < -0.4 is 5.32 Å². The minimum absolute atomic E-state index is 0.304. The van der Waals surface area contributed by atoms with Crippen LogP contribution in [0.3, 0.4) is 0 Å². The van der Waals surface area contributed by atoms with Crippen LogP contribution in [-0.4, -0.2) is 12.0 Å². The predicted octanol–water partition coefficient (Wildman–Crippen LogP) is 4.17. The number of benzene rings is 1. The molecule has 90 valence electrons. The molecule has 2 rings (SSSR count). The molecule has 5 heteroatoms. The molecule has 1 heterocycles. The van der Waals surface area contributed by atoms with Crippen molar-refractivity contribution in [3.8, 4) is 0 Å². The molecule has 0 fully saturated rings. The van der Waals surface area contributed by atoms with E-state index in [1.807, 2.05) is 18.8 Å². The van der Waals surface area contributed by atoms with E-state index in [-0.39, 0.29) is 0 Å². The standard InChI is InChI=1S/C12H12Br2N2S/c1-15-12(5-9-6-16-7-17-9)10-3-2-8(13)4-11(10)14/h2-4,6-7,12,15H,5H2,1H3. The van der Waals surface area contributed by atoms with Crippen LogP contribution in [0, 0.1) is 0 Å². The van der Waals surface area contributed by atoms with Crippen LogP contribution in [0.5, 0.6) is 0 Å². The highest BCUT2D eigenvalue weighted by molar-refractivity contribution is 9.11. The summed E-state index contributed by atoms with van der Waals surface area (Å²) in [6.07, 6.45) is 2.89. The van der Waals surface area contributed by atoms with Gasteiger partial charge in [-0.2, -0.15) is 0 Å². The van der Waals surface area contributed by atoms with Gasteiger partial charge in [-0.15, -0.1) is 11.3 Å². The second kappa shape index (κ2) is 6.09. The smallest absolute Gasteiger partial charge is 0.0794 e. The second-order valence-electron chi connectivity index (χ2n) is 3.68. The quantitative estimate of drug-likeness (QED) is 0.867. The Morgan fingerprint density at radius 2 is 2.24 bits per heavy atom. The van der Waals surface area contributed by atoms with Gasteiger partial charge < -0.3 is 5.32 Å². The SMILES string of the molecule is CNC(Cc1cncs1)c1ccc(Br)cc1Br. The van der Waals surface area contributed by atoms with Gasteiger partial charge in [0.25, 0.3) is 0 Å². The number of nitrogens with one attached hydrogen (secondary N) is 1. The lowest BCUT2D eigenvalue weighted by atomic mass is 10.0. The average molecular weight is 376 g/mol. The first-order valence-corrected chi connectivity index (χ1v) is 7.67. The summed E-state index contributed by atoms with van der Waals surface area (Å²) in [6.45, 7) is 0. The minimum atomic E-state index is 0.304. The van der Waals surface area contributed by atoms with Gasteiger partial charge in [-0.05, 0) is 24.7 Å². The monoisotopic (exact) mass is 374 g/mol. The topological polar surface area (TPSA) is 24.9 Å². The molecular formula is C12H12Br2N2S. The molecule has 0 aliphatic rings. The van der Waals surface area contributed by atoms with Gasteiger partial charge >= 0.3 is 0 Å². The molecular weight excluding hydrogens is 364 g/mol. The number of likely N-dealkylation sites (N-methyl/N-ethyl adjacent to an activating group) is 1. The van der Waals surface area contributed by atoms with Gasteiger partial charge in [-0.1, -0.05) is 37.9 Å². The van der Waals surface area contributed by atoms with E-state index in [0.717, 1.165) is 15.4 Å². The number of aromatic nitrogens is 1. The highest BCUT2D eigenvalue weighted by atomic mass is 79.9. The maximum atomic E-state index is 4.11. The third kappa shape index (κ3) is 3.37. The van der Waals surface area contributed by atoms with Crippen molar-refractivity contribution >= 4 is 43.2 Å². The van der Waals surface area contributed by atoms with E-state index >= 15 is 0 Å². The summed E-state index contributed by atoms with van der Waals surface area (Å²) in [7, 11) is 1.99. The van der Waals surface area contributed by atoms with Gasteiger partial charge in [-0.25, -0.2) is 0 Å². The summed E-state index contributed by atoms with van der Waals surface area (Å²) < 4.78 is 2.21. The Morgan fingerprint density at radius 3 is 2.82 bits per heavy atom. The summed E-state index contributed by atoms with van der Waals surface area (Å²) in [5.41, 5.74) is 3.14. The molecule has 1 unspecified atom stereocenters. The molecule has 1 aromatic carbocycles. The molecule has 0 aliphatic heterocycles. The Labute approximate surface area is 122 Å². The van der Waals surface area contributed by atoms with Gasteiger partial charge in [0.05, 0.1) is 5.51 Å². The normalized spacial score (nSPS) is 12.6. The molecule has 0 amide bonds. The molecule has 2 aromatic rings. The molecule has 1 aromatic heterocycles. The molecule has 0 saturated carbocycles. The van der Waals surface area contributed by atoms with E-state index in [4.69, 9.17) is 0 Å². The fraction of sp³-hybridized carbons (Fsp3) is 0.250. The highest BCUT2D eigenvalue weighted by Gasteiger charge is 2.14. The molecule has 1 N–H and O–H groups in total. The van der Waals surface area contributed by atoms with Crippen LogP contribution in [0.25, 0.3) is 0 Å². The molecule has 17 heavy (non-hydrogen) atoms. The first-order chi connectivity index (χ1) is 8.20. The minimum Gasteiger partial charge on any atom is -0.313 e. The van der Waals surface area contributed by atoms with Crippen LogP contribution >= 0.6 is 43.2 Å². The zero-order valence-corrected chi connectivity index (χ0v) is 13.3. The third-order valence-corrected chi connectivity index (χ3v) is 4.56. The Balaban J connectivity index is 2.23. The van der Waals surface area contributed by atoms with Gasteiger partial charge in [-0.3, -0.25) is 4.98 Å². The number of nitrogens with zero attached hydrogens (tertiary/aromatic N) is 1. The van der Waals surface area contributed by atoms with Crippen molar-refractivity contribution in [1.82, 2.24) is 10.3 Å². The van der Waals surface area contributed by atoms with Crippen LogP contribution in [-0.2, 0) is 6.42 Å². The summed E-state index contributed by atoms with van der Waals surface area (Å²) in [5, 5.41) is 3.35. The molecule has 0 aliphatic carbocycles.